The molecule has 0 saturated carbocycles. The molecule has 1 atom stereocenters. The Morgan fingerprint density at radius 3 is 2.56 bits per heavy atom. The molecule has 1 rings (SSSR count). The van der Waals surface area contributed by atoms with Gasteiger partial charge in [0.15, 0.2) is 11.5 Å². The molecule has 1 aromatic carbocycles. The molecule has 0 radical (unpaired) electrons. The van der Waals surface area contributed by atoms with Crippen LogP contribution in [0.15, 0.2) is 30.4 Å². The summed E-state index contributed by atoms with van der Waals surface area (Å²) in [5, 5.41) is 0. The first kappa shape index (κ1) is 14.6. The quantitative estimate of drug-likeness (QED) is 0.659. The Morgan fingerprint density at radius 1 is 1.17 bits per heavy atom. The van der Waals surface area contributed by atoms with Gasteiger partial charge in [-0.2, -0.15) is 0 Å². The second kappa shape index (κ2) is 7.80. The summed E-state index contributed by atoms with van der Waals surface area (Å²) in [5.41, 5.74) is 1.29. The Morgan fingerprint density at radius 2 is 1.94 bits per heavy atom. The Hall–Kier alpha value is -1.44. The SMILES string of the molecule is CC/C=C\CC(C)c1ccc(OCC)c(OC)c1. The minimum absolute atomic E-state index is 0.498. The second-order valence-electron chi connectivity index (χ2n) is 4.36. The highest BCUT2D eigenvalue weighted by Gasteiger charge is 2.09. The second-order valence-corrected chi connectivity index (χ2v) is 4.36. The molecule has 1 aromatic rings. The summed E-state index contributed by atoms with van der Waals surface area (Å²) in [6.07, 6.45) is 6.61. The van der Waals surface area contributed by atoms with Crippen LogP contribution in [0.5, 0.6) is 11.5 Å². The molecule has 0 saturated heterocycles. The van der Waals surface area contributed by atoms with Crippen LogP contribution in [0, 0.1) is 0 Å². The van der Waals surface area contributed by atoms with Crippen LogP contribution in [0.25, 0.3) is 0 Å². The van der Waals surface area contributed by atoms with Gasteiger partial charge in [-0.3, -0.25) is 0 Å². The monoisotopic (exact) mass is 248 g/mol. The van der Waals surface area contributed by atoms with Gasteiger partial charge in [-0.05, 0) is 43.4 Å². The summed E-state index contributed by atoms with van der Waals surface area (Å²) < 4.78 is 10.9. The minimum atomic E-state index is 0.498. The molecular formula is C16H24O2. The fraction of sp³-hybridized carbons (Fsp3) is 0.500. The van der Waals surface area contributed by atoms with Gasteiger partial charge in [0.1, 0.15) is 0 Å². The van der Waals surface area contributed by atoms with Crippen molar-refractivity contribution in [3.05, 3.63) is 35.9 Å². The average Bonchev–Trinajstić information content (AvgIpc) is 2.39. The molecule has 0 aliphatic heterocycles. The summed E-state index contributed by atoms with van der Waals surface area (Å²) in [7, 11) is 1.68. The summed E-state index contributed by atoms with van der Waals surface area (Å²) in [4.78, 5) is 0. The summed E-state index contributed by atoms with van der Waals surface area (Å²) >= 11 is 0. The van der Waals surface area contributed by atoms with Crippen molar-refractivity contribution in [3.8, 4) is 11.5 Å². The molecule has 2 nitrogen and oxygen atoms in total. The van der Waals surface area contributed by atoms with E-state index in [2.05, 4.69) is 38.1 Å². The first-order valence-electron chi connectivity index (χ1n) is 6.68. The predicted octanol–water partition coefficient (Wildman–Crippen LogP) is 4.55. The Labute approximate surface area is 111 Å². The molecule has 0 bridgehead atoms. The van der Waals surface area contributed by atoms with Crippen LogP contribution in [0.2, 0.25) is 0 Å². The number of ether oxygens (including phenoxy) is 2. The van der Waals surface area contributed by atoms with E-state index in [0.29, 0.717) is 12.5 Å². The van der Waals surface area contributed by atoms with Crippen molar-refractivity contribution >= 4 is 0 Å². The van der Waals surface area contributed by atoms with Gasteiger partial charge >= 0.3 is 0 Å². The maximum absolute atomic E-state index is 5.52. The molecular weight excluding hydrogens is 224 g/mol. The molecule has 0 spiro atoms. The van der Waals surface area contributed by atoms with Crippen LogP contribution >= 0.6 is 0 Å². The van der Waals surface area contributed by atoms with E-state index in [1.807, 2.05) is 13.0 Å². The maximum Gasteiger partial charge on any atom is 0.161 e. The van der Waals surface area contributed by atoms with Crippen LogP contribution in [-0.2, 0) is 0 Å². The van der Waals surface area contributed by atoms with E-state index in [9.17, 15) is 0 Å². The maximum atomic E-state index is 5.52. The topological polar surface area (TPSA) is 18.5 Å². The lowest BCUT2D eigenvalue weighted by Gasteiger charge is -2.14. The zero-order chi connectivity index (χ0) is 13.4. The molecule has 0 amide bonds. The third-order valence-corrected chi connectivity index (χ3v) is 2.95. The Balaban J connectivity index is 2.80. The molecule has 0 N–H and O–H groups in total. The van der Waals surface area contributed by atoms with Crippen molar-refractivity contribution in [1.82, 2.24) is 0 Å². The highest BCUT2D eigenvalue weighted by Crippen LogP contribution is 2.31. The molecule has 2 heteroatoms. The summed E-state index contributed by atoms with van der Waals surface area (Å²) in [6, 6.07) is 6.20. The minimum Gasteiger partial charge on any atom is -0.493 e. The van der Waals surface area contributed by atoms with Crippen molar-refractivity contribution < 1.29 is 9.47 Å². The Bertz CT molecular complexity index is 383. The highest BCUT2D eigenvalue weighted by molar-refractivity contribution is 5.44. The number of hydrogen-bond acceptors (Lipinski definition) is 2. The summed E-state index contributed by atoms with van der Waals surface area (Å²) in [6.45, 7) is 7.02. The van der Waals surface area contributed by atoms with Gasteiger partial charge in [0.2, 0.25) is 0 Å². The van der Waals surface area contributed by atoms with Gasteiger partial charge in [0.25, 0.3) is 0 Å². The van der Waals surface area contributed by atoms with Crippen LogP contribution in [0.4, 0.5) is 0 Å². The van der Waals surface area contributed by atoms with Crippen LogP contribution in [-0.4, -0.2) is 13.7 Å². The van der Waals surface area contributed by atoms with Gasteiger partial charge in [-0.25, -0.2) is 0 Å². The van der Waals surface area contributed by atoms with Crippen molar-refractivity contribution in [3.63, 3.8) is 0 Å². The largest absolute Gasteiger partial charge is 0.493 e. The number of hydrogen-bond donors (Lipinski definition) is 0. The van der Waals surface area contributed by atoms with Gasteiger partial charge < -0.3 is 9.47 Å². The van der Waals surface area contributed by atoms with Crippen LogP contribution in [0.3, 0.4) is 0 Å². The van der Waals surface area contributed by atoms with E-state index < -0.39 is 0 Å². The molecule has 0 aromatic heterocycles. The van der Waals surface area contributed by atoms with Gasteiger partial charge in [-0.1, -0.05) is 32.1 Å². The van der Waals surface area contributed by atoms with Crippen molar-refractivity contribution in [2.45, 2.75) is 39.5 Å². The zero-order valence-corrected chi connectivity index (χ0v) is 11.9. The smallest absolute Gasteiger partial charge is 0.161 e. The van der Waals surface area contributed by atoms with Crippen molar-refractivity contribution in [2.24, 2.45) is 0 Å². The van der Waals surface area contributed by atoms with Gasteiger partial charge in [-0.15, -0.1) is 0 Å². The molecule has 1 unspecified atom stereocenters. The first-order valence-corrected chi connectivity index (χ1v) is 6.68. The predicted molar refractivity (Wildman–Crippen MR) is 76.6 cm³/mol. The van der Waals surface area contributed by atoms with E-state index in [-0.39, 0.29) is 0 Å². The molecule has 0 aliphatic carbocycles. The first-order chi connectivity index (χ1) is 8.72. The van der Waals surface area contributed by atoms with Crippen molar-refractivity contribution in [1.29, 1.82) is 0 Å². The van der Waals surface area contributed by atoms with Crippen molar-refractivity contribution in [2.75, 3.05) is 13.7 Å². The van der Waals surface area contributed by atoms with Crippen LogP contribution in [0.1, 0.15) is 45.1 Å². The highest BCUT2D eigenvalue weighted by atomic mass is 16.5. The van der Waals surface area contributed by atoms with Gasteiger partial charge in [0.05, 0.1) is 13.7 Å². The van der Waals surface area contributed by atoms with Gasteiger partial charge in [0, 0.05) is 0 Å². The summed E-state index contributed by atoms with van der Waals surface area (Å²) in [5.74, 6) is 2.14. The van der Waals surface area contributed by atoms with Crippen LogP contribution < -0.4 is 9.47 Å². The fourth-order valence-corrected chi connectivity index (χ4v) is 1.87. The molecule has 100 valence electrons. The molecule has 0 heterocycles. The lowest BCUT2D eigenvalue weighted by atomic mass is 9.97. The third kappa shape index (κ3) is 4.10. The van der Waals surface area contributed by atoms with E-state index >= 15 is 0 Å². The molecule has 0 aliphatic rings. The number of benzene rings is 1. The van der Waals surface area contributed by atoms with E-state index in [0.717, 1.165) is 24.3 Å². The normalized spacial score (nSPS) is 12.7. The van der Waals surface area contributed by atoms with E-state index in [1.54, 1.807) is 7.11 Å². The zero-order valence-electron chi connectivity index (χ0n) is 11.9. The fourth-order valence-electron chi connectivity index (χ4n) is 1.87. The van der Waals surface area contributed by atoms with E-state index in [1.165, 1.54) is 5.56 Å². The van der Waals surface area contributed by atoms with E-state index in [4.69, 9.17) is 9.47 Å². The lowest BCUT2D eigenvalue weighted by Crippen LogP contribution is -1.98. The third-order valence-electron chi connectivity index (χ3n) is 2.95. The lowest BCUT2D eigenvalue weighted by molar-refractivity contribution is 0.310. The molecule has 18 heavy (non-hydrogen) atoms. The number of methoxy groups -OCH3 is 1. The molecule has 0 fully saturated rings. The average molecular weight is 248 g/mol. The standard InChI is InChI=1S/C16H24O2/c1-5-7-8-9-13(3)14-10-11-15(18-6-2)16(12-14)17-4/h7-8,10-13H,5-6,9H2,1-4H3/b8-7-. The number of allylic oxidation sites excluding steroid dienone is 2. The number of rotatable bonds is 7. The Kier molecular flexibility index (Phi) is 6.34.